The number of carbonyl (C=O) groups is 1. The van der Waals surface area contributed by atoms with Crippen molar-refractivity contribution in [3.8, 4) is 0 Å². The van der Waals surface area contributed by atoms with E-state index in [0.717, 1.165) is 18.5 Å². The van der Waals surface area contributed by atoms with E-state index in [-0.39, 0.29) is 11.9 Å². The molecule has 0 saturated heterocycles. The molecule has 0 radical (unpaired) electrons. The predicted octanol–water partition coefficient (Wildman–Crippen LogP) is 2.57. The average molecular weight is 286 g/mol. The minimum Gasteiger partial charge on any atom is -0.330 e. The van der Waals surface area contributed by atoms with Crippen molar-refractivity contribution < 1.29 is 4.79 Å². The third-order valence-electron chi connectivity index (χ3n) is 3.75. The van der Waals surface area contributed by atoms with Crippen LogP contribution in [-0.2, 0) is 11.2 Å². The topological polar surface area (TPSA) is 46.3 Å². The lowest BCUT2D eigenvalue weighted by Crippen LogP contribution is -2.47. The van der Waals surface area contributed by atoms with E-state index < -0.39 is 6.04 Å². The molecule has 1 aliphatic heterocycles. The molecule has 20 heavy (non-hydrogen) atoms. The van der Waals surface area contributed by atoms with Gasteiger partial charge < -0.3 is 10.6 Å². The number of fused-ring (bicyclic) bond motifs is 1. The Hall–Kier alpha value is -1.65. The smallest absolute Gasteiger partial charge is 0.239 e. The van der Waals surface area contributed by atoms with Crippen molar-refractivity contribution in [2.45, 2.75) is 25.4 Å². The SMILES string of the molecule is C[C@H](N)C(=O)N1CCc2sccc2C1c1ccccc1. The maximum absolute atomic E-state index is 12.4. The molecule has 2 atom stereocenters. The van der Waals surface area contributed by atoms with Crippen molar-refractivity contribution >= 4 is 17.2 Å². The maximum atomic E-state index is 12.4. The van der Waals surface area contributed by atoms with Crippen molar-refractivity contribution in [3.63, 3.8) is 0 Å². The molecule has 1 aromatic heterocycles. The predicted molar refractivity (Wildman–Crippen MR) is 81.7 cm³/mol. The highest BCUT2D eigenvalue weighted by Crippen LogP contribution is 2.37. The maximum Gasteiger partial charge on any atom is 0.239 e. The van der Waals surface area contributed by atoms with Crippen LogP contribution >= 0.6 is 11.3 Å². The minimum atomic E-state index is -0.457. The Morgan fingerprint density at radius 3 is 2.80 bits per heavy atom. The molecule has 3 rings (SSSR count). The van der Waals surface area contributed by atoms with E-state index in [9.17, 15) is 4.79 Å². The zero-order chi connectivity index (χ0) is 14.1. The summed E-state index contributed by atoms with van der Waals surface area (Å²) < 4.78 is 0. The summed E-state index contributed by atoms with van der Waals surface area (Å²) in [6.45, 7) is 2.50. The van der Waals surface area contributed by atoms with Crippen LogP contribution in [0.5, 0.6) is 0 Å². The fourth-order valence-corrected chi connectivity index (χ4v) is 3.71. The van der Waals surface area contributed by atoms with Crippen LogP contribution in [0.25, 0.3) is 0 Å². The van der Waals surface area contributed by atoms with Gasteiger partial charge >= 0.3 is 0 Å². The van der Waals surface area contributed by atoms with Crippen molar-refractivity contribution in [2.75, 3.05) is 6.54 Å². The molecule has 0 saturated carbocycles. The first kappa shape index (κ1) is 13.3. The number of benzene rings is 1. The van der Waals surface area contributed by atoms with E-state index in [0.29, 0.717) is 0 Å². The van der Waals surface area contributed by atoms with Gasteiger partial charge in [0.1, 0.15) is 0 Å². The van der Waals surface area contributed by atoms with Crippen molar-refractivity contribution in [1.82, 2.24) is 4.90 Å². The molecule has 4 heteroatoms. The Labute approximate surface area is 123 Å². The van der Waals surface area contributed by atoms with Gasteiger partial charge in [-0.15, -0.1) is 11.3 Å². The average Bonchev–Trinajstić information content (AvgIpc) is 2.94. The Bertz CT molecular complexity index is 606. The van der Waals surface area contributed by atoms with Gasteiger partial charge in [-0.25, -0.2) is 0 Å². The molecule has 1 aliphatic rings. The fraction of sp³-hybridized carbons (Fsp3) is 0.312. The van der Waals surface area contributed by atoms with Crippen LogP contribution < -0.4 is 5.73 Å². The van der Waals surface area contributed by atoms with Crippen LogP contribution in [-0.4, -0.2) is 23.4 Å². The van der Waals surface area contributed by atoms with E-state index >= 15 is 0 Å². The van der Waals surface area contributed by atoms with Crippen LogP contribution in [0.1, 0.15) is 29.0 Å². The number of amides is 1. The van der Waals surface area contributed by atoms with E-state index in [1.165, 1.54) is 10.4 Å². The molecule has 0 bridgehead atoms. The molecule has 2 aromatic rings. The zero-order valence-electron chi connectivity index (χ0n) is 11.5. The van der Waals surface area contributed by atoms with Crippen LogP contribution in [0.2, 0.25) is 0 Å². The summed E-state index contributed by atoms with van der Waals surface area (Å²) in [6.07, 6.45) is 0.925. The van der Waals surface area contributed by atoms with Crippen molar-refractivity contribution in [2.24, 2.45) is 5.73 Å². The highest BCUT2D eigenvalue weighted by molar-refractivity contribution is 7.10. The van der Waals surface area contributed by atoms with Crippen molar-refractivity contribution in [1.29, 1.82) is 0 Å². The molecular weight excluding hydrogens is 268 g/mol. The van der Waals surface area contributed by atoms with Crippen LogP contribution in [0.3, 0.4) is 0 Å². The summed E-state index contributed by atoms with van der Waals surface area (Å²) in [5.41, 5.74) is 8.22. The summed E-state index contributed by atoms with van der Waals surface area (Å²) in [5, 5.41) is 2.11. The minimum absolute atomic E-state index is 0.00435. The van der Waals surface area contributed by atoms with Gasteiger partial charge in [0.05, 0.1) is 12.1 Å². The standard InChI is InChI=1S/C16H18N2OS/c1-11(17)16(19)18-9-7-14-13(8-10-20-14)15(18)12-5-3-2-4-6-12/h2-6,8,10-11,15H,7,9,17H2,1H3/t11-,15?/m0/s1. The second-order valence-electron chi connectivity index (χ2n) is 5.18. The Balaban J connectivity index is 2.06. The Morgan fingerprint density at radius 2 is 2.10 bits per heavy atom. The van der Waals surface area contributed by atoms with Crippen molar-refractivity contribution in [3.05, 3.63) is 57.8 Å². The molecule has 0 fully saturated rings. The lowest BCUT2D eigenvalue weighted by atomic mass is 9.93. The number of nitrogens with zero attached hydrogens (tertiary/aromatic N) is 1. The van der Waals surface area contributed by atoms with E-state index in [4.69, 9.17) is 5.73 Å². The molecule has 1 aromatic carbocycles. The first-order valence-electron chi connectivity index (χ1n) is 6.85. The Kier molecular flexibility index (Phi) is 3.59. The second kappa shape index (κ2) is 5.38. The highest BCUT2D eigenvalue weighted by atomic mass is 32.1. The molecular formula is C16H18N2OS. The highest BCUT2D eigenvalue weighted by Gasteiger charge is 2.33. The van der Waals surface area contributed by atoms with Gasteiger partial charge in [0, 0.05) is 11.4 Å². The molecule has 2 heterocycles. The molecule has 1 amide bonds. The normalized spacial score (nSPS) is 19.5. The van der Waals surface area contributed by atoms with Crippen LogP contribution in [0.15, 0.2) is 41.8 Å². The summed E-state index contributed by atoms with van der Waals surface area (Å²) in [6, 6.07) is 11.9. The Morgan fingerprint density at radius 1 is 1.35 bits per heavy atom. The lowest BCUT2D eigenvalue weighted by molar-refractivity contribution is -0.134. The number of thiophene rings is 1. The van der Waals surface area contributed by atoms with Gasteiger partial charge in [-0.05, 0) is 35.9 Å². The van der Waals surface area contributed by atoms with Gasteiger partial charge in [-0.2, -0.15) is 0 Å². The fourth-order valence-electron chi connectivity index (χ4n) is 2.81. The van der Waals surface area contributed by atoms with E-state index in [1.54, 1.807) is 18.3 Å². The molecule has 104 valence electrons. The molecule has 2 N–H and O–H groups in total. The van der Waals surface area contributed by atoms with E-state index in [1.807, 2.05) is 23.1 Å². The summed E-state index contributed by atoms with van der Waals surface area (Å²) in [4.78, 5) is 15.7. The van der Waals surface area contributed by atoms with Gasteiger partial charge in [0.2, 0.25) is 5.91 Å². The summed E-state index contributed by atoms with van der Waals surface area (Å²) >= 11 is 1.78. The van der Waals surface area contributed by atoms with Gasteiger partial charge in [0.25, 0.3) is 0 Å². The molecule has 0 aliphatic carbocycles. The number of carbonyl (C=O) groups excluding carboxylic acids is 1. The zero-order valence-corrected chi connectivity index (χ0v) is 12.3. The van der Waals surface area contributed by atoms with Crippen LogP contribution in [0, 0.1) is 0 Å². The largest absolute Gasteiger partial charge is 0.330 e. The first-order valence-corrected chi connectivity index (χ1v) is 7.73. The lowest BCUT2D eigenvalue weighted by Gasteiger charge is -2.37. The number of hydrogen-bond donors (Lipinski definition) is 1. The van der Waals surface area contributed by atoms with E-state index in [2.05, 4.69) is 23.6 Å². The third kappa shape index (κ3) is 2.25. The quantitative estimate of drug-likeness (QED) is 0.922. The number of hydrogen-bond acceptors (Lipinski definition) is 3. The molecule has 3 nitrogen and oxygen atoms in total. The monoisotopic (exact) mass is 286 g/mol. The second-order valence-corrected chi connectivity index (χ2v) is 6.18. The first-order chi connectivity index (χ1) is 9.68. The molecule has 0 spiro atoms. The van der Waals surface area contributed by atoms with Crippen LogP contribution in [0.4, 0.5) is 0 Å². The van der Waals surface area contributed by atoms with Gasteiger partial charge in [-0.1, -0.05) is 30.3 Å². The number of rotatable bonds is 2. The van der Waals surface area contributed by atoms with Gasteiger partial charge in [0.15, 0.2) is 0 Å². The summed E-state index contributed by atoms with van der Waals surface area (Å²) in [5.74, 6) is 0.0238. The third-order valence-corrected chi connectivity index (χ3v) is 4.75. The summed E-state index contributed by atoms with van der Waals surface area (Å²) in [7, 11) is 0. The molecule has 1 unspecified atom stereocenters. The van der Waals surface area contributed by atoms with Gasteiger partial charge in [-0.3, -0.25) is 4.79 Å². The number of nitrogens with two attached hydrogens (primary N) is 1.